The van der Waals surface area contributed by atoms with E-state index in [0.29, 0.717) is 0 Å². The van der Waals surface area contributed by atoms with Crippen LogP contribution in [-0.2, 0) is 14.3 Å². The van der Waals surface area contributed by atoms with E-state index in [2.05, 4.69) is 4.74 Å². The summed E-state index contributed by atoms with van der Waals surface area (Å²) in [5.74, 6) is -0.0338. The van der Waals surface area contributed by atoms with E-state index in [1.165, 1.54) is 14.2 Å². The molecule has 1 atom stereocenters. The van der Waals surface area contributed by atoms with Gasteiger partial charge < -0.3 is 9.47 Å². The molecular formula is C7H13ClO3. The Morgan fingerprint density at radius 1 is 1.55 bits per heavy atom. The van der Waals surface area contributed by atoms with Crippen LogP contribution in [0.2, 0.25) is 0 Å². The number of halogens is 1. The first-order chi connectivity index (χ1) is 5.08. The zero-order valence-electron chi connectivity index (χ0n) is 7.02. The molecule has 66 valence electrons. The molecule has 0 fully saturated rings. The van der Waals surface area contributed by atoms with Crippen molar-refractivity contribution in [1.29, 1.82) is 0 Å². The van der Waals surface area contributed by atoms with Gasteiger partial charge in [0.1, 0.15) is 0 Å². The SMILES string of the molecule is COC(=O)CC(C)(CCl)OC. The lowest BCUT2D eigenvalue weighted by Gasteiger charge is -2.23. The maximum absolute atomic E-state index is 10.8. The molecule has 0 saturated heterocycles. The molecule has 0 heterocycles. The molecule has 0 aliphatic rings. The number of methoxy groups -OCH3 is 2. The van der Waals surface area contributed by atoms with E-state index in [1.54, 1.807) is 6.92 Å². The maximum atomic E-state index is 10.8. The smallest absolute Gasteiger partial charge is 0.308 e. The molecule has 3 nitrogen and oxygen atoms in total. The second-order valence-corrected chi connectivity index (χ2v) is 2.81. The Hall–Kier alpha value is -0.280. The lowest BCUT2D eigenvalue weighted by molar-refractivity contribution is -0.145. The lowest BCUT2D eigenvalue weighted by atomic mass is 10.1. The molecule has 0 aliphatic carbocycles. The second-order valence-electron chi connectivity index (χ2n) is 2.54. The topological polar surface area (TPSA) is 35.5 Å². The van der Waals surface area contributed by atoms with Crippen LogP contribution in [0.25, 0.3) is 0 Å². The van der Waals surface area contributed by atoms with Crippen LogP contribution < -0.4 is 0 Å². The normalized spacial score (nSPS) is 15.6. The summed E-state index contributed by atoms with van der Waals surface area (Å²) in [7, 11) is 2.86. The van der Waals surface area contributed by atoms with E-state index < -0.39 is 5.60 Å². The van der Waals surface area contributed by atoms with Gasteiger partial charge in [-0.05, 0) is 6.92 Å². The maximum Gasteiger partial charge on any atom is 0.308 e. The van der Waals surface area contributed by atoms with Crippen molar-refractivity contribution in [2.75, 3.05) is 20.1 Å². The molecule has 4 heteroatoms. The monoisotopic (exact) mass is 180 g/mol. The summed E-state index contributed by atoms with van der Waals surface area (Å²) in [4.78, 5) is 10.8. The van der Waals surface area contributed by atoms with Crippen LogP contribution in [-0.4, -0.2) is 31.7 Å². The van der Waals surface area contributed by atoms with E-state index in [-0.39, 0.29) is 18.3 Å². The van der Waals surface area contributed by atoms with Crippen LogP contribution in [0.1, 0.15) is 13.3 Å². The van der Waals surface area contributed by atoms with Crippen LogP contribution in [0.4, 0.5) is 0 Å². The first-order valence-corrected chi connectivity index (χ1v) is 3.79. The summed E-state index contributed by atoms with van der Waals surface area (Å²) in [6.07, 6.45) is 0.184. The minimum Gasteiger partial charge on any atom is -0.469 e. The van der Waals surface area contributed by atoms with Crippen molar-refractivity contribution in [3.63, 3.8) is 0 Å². The van der Waals surface area contributed by atoms with Gasteiger partial charge in [0.25, 0.3) is 0 Å². The highest BCUT2D eigenvalue weighted by molar-refractivity contribution is 6.18. The fourth-order valence-electron chi connectivity index (χ4n) is 0.551. The van der Waals surface area contributed by atoms with Gasteiger partial charge in [-0.25, -0.2) is 0 Å². The molecule has 0 spiro atoms. The second kappa shape index (κ2) is 4.57. The summed E-state index contributed by atoms with van der Waals surface area (Å²) < 4.78 is 9.50. The highest BCUT2D eigenvalue weighted by Gasteiger charge is 2.26. The summed E-state index contributed by atoms with van der Waals surface area (Å²) in [6, 6.07) is 0. The number of hydrogen-bond acceptors (Lipinski definition) is 3. The quantitative estimate of drug-likeness (QED) is 0.482. The van der Waals surface area contributed by atoms with Gasteiger partial charge in [0.15, 0.2) is 0 Å². The van der Waals surface area contributed by atoms with Crippen molar-refractivity contribution >= 4 is 17.6 Å². The van der Waals surface area contributed by atoms with Gasteiger partial charge in [0.2, 0.25) is 0 Å². The number of ether oxygens (including phenoxy) is 2. The summed E-state index contributed by atoms with van der Waals surface area (Å²) in [5.41, 5.74) is -0.603. The summed E-state index contributed by atoms with van der Waals surface area (Å²) in [6.45, 7) is 1.76. The van der Waals surface area contributed by atoms with E-state index >= 15 is 0 Å². The molecule has 1 unspecified atom stereocenters. The molecule has 0 aliphatic heterocycles. The van der Waals surface area contributed by atoms with E-state index in [9.17, 15) is 4.79 Å². The minimum absolute atomic E-state index is 0.184. The third-order valence-corrected chi connectivity index (χ3v) is 2.09. The Bertz CT molecular complexity index is 132. The van der Waals surface area contributed by atoms with E-state index in [0.717, 1.165) is 0 Å². The van der Waals surface area contributed by atoms with Gasteiger partial charge >= 0.3 is 5.97 Å². The van der Waals surface area contributed by atoms with Gasteiger partial charge in [0.05, 0.1) is 25.0 Å². The molecule has 0 amide bonds. The average molecular weight is 181 g/mol. The standard InChI is InChI=1S/C7H13ClO3/c1-7(5-8,11-3)4-6(9)10-2/h4-5H2,1-3H3. The molecule has 0 N–H and O–H groups in total. The molecule has 0 radical (unpaired) electrons. The first-order valence-electron chi connectivity index (χ1n) is 3.26. The lowest BCUT2D eigenvalue weighted by Crippen LogP contribution is -2.32. The van der Waals surface area contributed by atoms with Gasteiger partial charge in [0, 0.05) is 7.11 Å². The Morgan fingerprint density at radius 2 is 2.09 bits per heavy atom. The molecule has 0 aromatic carbocycles. The molecule has 0 bridgehead atoms. The molecular weight excluding hydrogens is 168 g/mol. The molecule has 11 heavy (non-hydrogen) atoms. The largest absolute Gasteiger partial charge is 0.469 e. The number of alkyl halides is 1. The highest BCUT2D eigenvalue weighted by atomic mass is 35.5. The number of esters is 1. The van der Waals surface area contributed by atoms with Gasteiger partial charge in [-0.2, -0.15) is 0 Å². The molecule has 0 rings (SSSR count). The van der Waals surface area contributed by atoms with Gasteiger partial charge in [-0.3, -0.25) is 4.79 Å². The average Bonchev–Trinajstić information content (AvgIpc) is 2.04. The Kier molecular flexibility index (Phi) is 4.45. The van der Waals surface area contributed by atoms with Crippen LogP contribution in [0.15, 0.2) is 0 Å². The summed E-state index contributed by atoms with van der Waals surface area (Å²) >= 11 is 5.58. The van der Waals surface area contributed by atoms with Gasteiger partial charge in [-0.15, -0.1) is 11.6 Å². The zero-order chi connectivity index (χ0) is 8.91. The fraction of sp³-hybridized carbons (Fsp3) is 0.857. The minimum atomic E-state index is -0.603. The van der Waals surface area contributed by atoms with Crippen LogP contribution in [0.3, 0.4) is 0 Å². The van der Waals surface area contributed by atoms with Crippen molar-refractivity contribution in [1.82, 2.24) is 0 Å². The van der Waals surface area contributed by atoms with Crippen molar-refractivity contribution in [2.45, 2.75) is 18.9 Å². The summed E-state index contributed by atoms with van der Waals surface area (Å²) in [5, 5.41) is 0. The number of hydrogen-bond donors (Lipinski definition) is 0. The third kappa shape index (κ3) is 3.58. The van der Waals surface area contributed by atoms with Crippen molar-refractivity contribution < 1.29 is 14.3 Å². The Labute approximate surface area is 71.6 Å². The third-order valence-electron chi connectivity index (χ3n) is 1.52. The zero-order valence-corrected chi connectivity index (χ0v) is 7.77. The van der Waals surface area contributed by atoms with Crippen molar-refractivity contribution in [3.05, 3.63) is 0 Å². The number of rotatable bonds is 4. The van der Waals surface area contributed by atoms with Crippen LogP contribution in [0, 0.1) is 0 Å². The number of carbonyl (C=O) groups excluding carboxylic acids is 1. The van der Waals surface area contributed by atoms with Gasteiger partial charge in [-0.1, -0.05) is 0 Å². The van der Waals surface area contributed by atoms with Crippen LogP contribution in [0.5, 0.6) is 0 Å². The highest BCUT2D eigenvalue weighted by Crippen LogP contribution is 2.16. The van der Waals surface area contributed by atoms with E-state index in [1.807, 2.05) is 0 Å². The number of carbonyl (C=O) groups is 1. The van der Waals surface area contributed by atoms with Crippen LogP contribution >= 0.6 is 11.6 Å². The fourth-order valence-corrected chi connectivity index (χ4v) is 0.755. The molecule has 0 saturated carbocycles. The van der Waals surface area contributed by atoms with Crippen molar-refractivity contribution in [3.8, 4) is 0 Å². The Morgan fingerprint density at radius 3 is 2.36 bits per heavy atom. The molecule has 0 aromatic heterocycles. The first kappa shape index (κ1) is 10.7. The molecule has 0 aromatic rings. The predicted octanol–water partition coefficient (Wildman–Crippen LogP) is 1.19. The Balaban J connectivity index is 3.96. The van der Waals surface area contributed by atoms with E-state index in [4.69, 9.17) is 16.3 Å². The predicted molar refractivity (Wildman–Crippen MR) is 42.8 cm³/mol. The van der Waals surface area contributed by atoms with Crippen molar-refractivity contribution in [2.24, 2.45) is 0 Å².